The quantitative estimate of drug-likeness (QED) is 0.819. The van der Waals surface area contributed by atoms with E-state index in [1.165, 1.54) is 22.6 Å². The molecule has 8 heteroatoms. The molecule has 24 heavy (non-hydrogen) atoms. The van der Waals surface area contributed by atoms with Crippen LogP contribution in [0.1, 0.15) is 12.5 Å². The summed E-state index contributed by atoms with van der Waals surface area (Å²) in [4.78, 5) is 2.37. The summed E-state index contributed by atoms with van der Waals surface area (Å²) in [5.74, 6) is -0.248. The zero-order valence-corrected chi connectivity index (χ0v) is 14.4. The Hall–Kier alpha value is -1.77. The van der Waals surface area contributed by atoms with Gasteiger partial charge in [0.25, 0.3) is 0 Å². The van der Waals surface area contributed by atoms with E-state index in [0.717, 1.165) is 5.56 Å². The van der Waals surface area contributed by atoms with Crippen molar-refractivity contribution in [2.75, 3.05) is 26.2 Å². The number of rotatable bonds is 5. The van der Waals surface area contributed by atoms with Gasteiger partial charge in [-0.15, -0.1) is 0 Å². The molecule has 1 aliphatic heterocycles. The van der Waals surface area contributed by atoms with E-state index in [-0.39, 0.29) is 10.7 Å². The summed E-state index contributed by atoms with van der Waals surface area (Å²) in [6.07, 6.45) is 2.96. The first-order valence-electron chi connectivity index (χ1n) is 7.98. The Labute approximate surface area is 141 Å². The molecule has 0 atom stereocenters. The van der Waals surface area contributed by atoms with Crippen LogP contribution in [0.2, 0.25) is 0 Å². The first-order valence-corrected chi connectivity index (χ1v) is 9.42. The van der Waals surface area contributed by atoms with Gasteiger partial charge in [0.1, 0.15) is 10.7 Å². The summed E-state index contributed by atoms with van der Waals surface area (Å²) in [7, 11) is -3.49. The fourth-order valence-corrected chi connectivity index (χ4v) is 4.20. The average molecular weight is 352 g/mol. The largest absolute Gasteiger partial charge is 0.296 e. The summed E-state index contributed by atoms with van der Waals surface area (Å²) in [5, 5.41) is 4.04. The summed E-state index contributed by atoms with van der Waals surface area (Å²) in [6.45, 7) is 5.27. The SMILES string of the molecule is CCn1cc(S(=O)(=O)N2CCN(Cc3cccc(F)c3)CC2)cn1. The predicted molar refractivity (Wildman–Crippen MR) is 88.3 cm³/mol. The normalized spacial score (nSPS) is 17.2. The van der Waals surface area contributed by atoms with Gasteiger partial charge in [0.15, 0.2) is 0 Å². The fraction of sp³-hybridized carbons (Fsp3) is 0.438. The molecule has 0 radical (unpaired) electrons. The van der Waals surface area contributed by atoms with E-state index in [1.807, 2.05) is 13.0 Å². The number of sulfonamides is 1. The third-order valence-electron chi connectivity index (χ3n) is 4.20. The topological polar surface area (TPSA) is 58.4 Å². The Morgan fingerprint density at radius 2 is 1.96 bits per heavy atom. The molecule has 0 N–H and O–H groups in total. The van der Waals surface area contributed by atoms with Gasteiger partial charge in [-0.2, -0.15) is 9.40 Å². The van der Waals surface area contributed by atoms with E-state index in [0.29, 0.717) is 39.3 Å². The monoisotopic (exact) mass is 352 g/mol. The fourth-order valence-electron chi connectivity index (χ4n) is 2.82. The van der Waals surface area contributed by atoms with Gasteiger partial charge in [-0.25, -0.2) is 12.8 Å². The second kappa shape index (κ2) is 7.00. The Bertz CT molecular complexity index is 798. The van der Waals surface area contributed by atoms with Crippen molar-refractivity contribution in [2.24, 2.45) is 0 Å². The van der Waals surface area contributed by atoms with Crippen molar-refractivity contribution in [1.82, 2.24) is 19.0 Å². The van der Waals surface area contributed by atoms with Crippen LogP contribution in [-0.4, -0.2) is 53.6 Å². The molecule has 1 aliphatic rings. The summed E-state index contributed by atoms with van der Waals surface area (Å²) in [5.41, 5.74) is 0.899. The Kier molecular flexibility index (Phi) is 4.98. The van der Waals surface area contributed by atoms with Crippen LogP contribution in [-0.2, 0) is 23.1 Å². The molecule has 0 saturated carbocycles. The van der Waals surface area contributed by atoms with Crippen molar-refractivity contribution in [2.45, 2.75) is 24.9 Å². The van der Waals surface area contributed by atoms with E-state index in [9.17, 15) is 12.8 Å². The lowest BCUT2D eigenvalue weighted by atomic mass is 10.2. The molecule has 3 rings (SSSR count). The third kappa shape index (κ3) is 3.66. The summed E-state index contributed by atoms with van der Waals surface area (Å²) < 4.78 is 41.6. The highest BCUT2D eigenvalue weighted by Gasteiger charge is 2.29. The molecule has 6 nitrogen and oxygen atoms in total. The van der Waals surface area contributed by atoms with Gasteiger partial charge in [0.2, 0.25) is 10.0 Å². The van der Waals surface area contributed by atoms with E-state index in [2.05, 4.69) is 10.00 Å². The maximum Gasteiger partial charge on any atom is 0.246 e. The molecular weight excluding hydrogens is 331 g/mol. The second-order valence-electron chi connectivity index (χ2n) is 5.84. The van der Waals surface area contributed by atoms with Crippen LogP contribution in [0.3, 0.4) is 0 Å². The molecule has 2 heterocycles. The zero-order valence-electron chi connectivity index (χ0n) is 13.6. The number of aryl methyl sites for hydroxylation is 1. The van der Waals surface area contributed by atoms with Crippen molar-refractivity contribution in [3.8, 4) is 0 Å². The smallest absolute Gasteiger partial charge is 0.246 e. The molecule has 0 amide bonds. The molecule has 0 spiro atoms. The number of halogens is 1. The maximum absolute atomic E-state index is 13.2. The van der Waals surface area contributed by atoms with Crippen LogP contribution in [0, 0.1) is 5.82 Å². The van der Waals surface area contributed by atoms with Crippen molar-refractivity contribution in [1.29, 1.82) is 0 Å². The van der Waals surface area contributed by atoms with Crippen LogP contribution in [0.25, 0.3) is 0 Å². The number of hydrogen-bond acceptors (Lipinski definition) is 4. The van der Waals surface area contributed by atoms with Gasteiger partial charge in [-0.1, -0.05) is 12.1 Å². The van der Waals surface area contributed by atoms with Crippen LogP contribution < -0.4 is 0 Å². The highest BCUT2D eigenvalue weighted by atomic mass is 32.2. The van der Waals surface area contributed by atoms with E-state index < -0.39 is 10.0 Å². The molecule has 0 aliphatic carbocycles. The highest BCUT2D eigenvalue weighted by Crippen LogP contribution is 2.18. The number of aromatic nitrogens is 2. The molecule has 1 saturated heterocycles. The molecule has 130 valence electrons. The highest BCUT2D eigenvalue weighted by molar-refractivity contribution is 7.89. The number of benzene rings is 1. The Balaban J connectivity index is 1.62. The minimum atomic E-state index is -3.49. The number of nitrogens with zero attached hydrogens (tertiary/aromatic N) is 4. The number of piperazine rings is 1. The molecule has 0 bridgehead atoms. The lowest BCUT2D eigenvalue weighted by molar-refractivity contribution is 0.181. The molecule has 0 unspecified atom stereocenters. The predicted octanol–water partition coefficient (Wildman–Crippen LogP) is 1.55. The van der Waals surface area contributed by atoms with E-state index in [4.69, 9.17) is 0 Å². The zero-order chi connectivity index (χ0) is 17.2. The minimum absolute atomic E-state index is 0.239. The molecule has 1 aromatic carbocycles. The van der Waals surface area contributed by atoms with Crippen molar-refractivity contribution >= 4 is 10.0 Å². The first-order chi connectivity index (χ1) is 11.5. The van der Waals surface area contributed by atoms with Gasteiger partial charge in [-0.3, -0.25) is 9.58 Å². The molecule has 1 aromatic heterocycles. The van der Waals surface area contributed by atoms with Crippen LogP contribution in [0.5, 0.6) is 0 Å². The van der Waals surface area contributed by atoms with Crippen molar-refractivity contribution in [3.63, 3.8) is 0 Å². The van der Waals surface area contributed by atoms with Crippen LogP contribution in [0.4, 0.5) is 4.39 Å². The summed E-state index contributed by atoms with van der Waals surface area (Å²) in [6, 6.07) is 6.51. The van der Waals surface area contributed by atoms with Crippen LogP contribution >= 0.6 is 0 Å². The van der Waals surface area contributed by atoms with Crippen LogP contribution in [0.15, 0.2) is 41.6 Å². The van der Waals surface area contributed by atoms with Gasteiger partial charge in [0.05, 0.1) is 6.20 Å². The van der Waals surface area contributed by atoms with Crippen molar-refractivity contribution in [3.05, 3.63) is 48.0 Å². The molecule has 1 fully saturated rings. The number of hydrogen-bond donors (Lipinski definition) is 0. The lowest BCUT2D eigenvalue weighted by Crippen LogP contribution is -2.48. The van der Waals surface area contributed by atoms with Gasteiger partial charge in [0, 0.05) is 45.5 Å². The second-order valence-corrected chi connectivity index (χ2v) is 7.78. The lowest BCUT2D eigenvalue weighted by Gasteiger charge is -2.33. The van der Waals surface area contributed by atoms with Gasteiger partial charge in [-0.05, 0) is 24.6 Å². The first kappa shape index (κ1) is 17.1. The minimum Gasteiger partial charge on any atom is -0.296 e. The molecular formula is C16H21FN4O2S. The van der Waals surface area contributed by atoms with Gasteiger partial charge < -0.3 is 0 Å². The molecule has 2 aromatic rings. The Morgan fingerprint density at radius 3 is 2.58 bits per heavy atom. The standard InChI is InChI=1S/C16H21FN4O2S/c1-2-20-13-16(11-18-20)24(22,23)21-8-6-19(7-9-21)12-14-4-3-5-15(17)10-14/h3-5,10-11,13H,2,6-9,12H2,1H3. The van der Waals surface area contributed by atoms with Gasteiger partial charge >= 0.3 is 0 Å². The van der Waals surface area contributed by atoms with E-state index >= 15 is 0 Å². The maximum atomic E-state index is 13.2. The van der Waals surface area contributed by atoms with E-state index in [1.54, 1.807) is 16.9 Å². The van der Waals surface area contributed by atoms with Crippen molar-refractivity contribution < 1.29 is 12.8 Å². The Morgan fingerprint density at radius 1 is 1.21 bits per heavy atom. The average Bonchev–Trinajstić information content (AvgIpc) is 3.05. The summed E-state index contributed by atoms with van der Waals surface area (Å²) >= 11 is 0. The third-order valence-corrected chi connectivity index (χ3v) is 6.05.